The molecule has 1 heterocycles. The van der Waals surface area contributed by atoms with Gasteiger partial charge >= 0.3 is 0 Å². The Morgan fingerprint density at radius 1 is 0.860 bits per heavy atom. The molecule has 1 saturated heterocycles. The Bertz CT molecular complexity index is 1400. The van der Waals surface area contributed by atoms with Crippen molar-refractivity contribution >= 4 is 11.1 Å². The van der Waals surface area contributed by atoms with E-state index in [2.05, 4.69) is 36.9 Å². The molecule has 43 heavy (non-hydrogen) atoms. The summed E-state index contributed by atoms with van der Waals surface area (Å²) in [5.41, 5.74) is 7.19. The van der Waals surface area contributed by atoms with Crippen LogP contribution in [0, 0.1) is 18.6 Å². The molecule has 3 aromatic rings. The first-order valence-corrected chi connectivity index (χ1v) is 16.3. The summed E-state index contributed by atoms with van der Waals surface area (Å²) in [5.74, 6) is -0.636. The molecule has 0 N–H and O–H groups in total. The zero-order valence-electron chi connectivity index (χ0n) is 25.9. The van der Waals surface area contributed by atoms with Gasteiger partial charge in [0.15, 0.2) is 11.6 Å². The largest absolute Gasteiger partial charge is 0.489 e. The van der Waals surface area contributed by atoms with Crippen LogP contribution in [0.25, 0.3) is 11.1 Å². The third-order valence-electron chi connectivity index (χ3n) is 9.02. The van der Waals surface area contributed by atoms with Gasteiger partial charge in [0.2, 0.25) is 0 Å². The zero-order chi connectivity index (χ0) is 30.2. The number of hydrogen-bond acceptors (Lipinski definition) is 2. The van der Waals surface area contributed by atoms with Gasteiger partial charge in [-0.05, 0) is 97.4 Å². The lowest BCUT2D eigenvalue weighted by atomic mass is 9.86. The minimum atomic E-state index is -0.729. The van der Waals surface area contributed by atoms with E-state index >= 15 is 8.78 Å². The molecular weight excluding hydrogens is 543 g/mol. The Morgan fingerprint density at radius 2 is 1.65 bits per heavy atom. The maximum absolute atomic E-state index is 15.9. The molecule has 0 saturated carbocycles. The summed E-state index contributed by atoms with van der Waals surface area (Å²) >= 11 is 0. The van der Waals surface area contributed by atoms with Gasteiger partial charge in [0.1, 0.15) is 11.9 Å². The van der Waals surface area contributed by atoms with Crippen LogP contribution in [0.3, 0.4) is 0 Å². The minimum Gasteiger partial charge on any atom is -0.489 e. The van der Waals surface area contributed by atoms with Gasteiger partial charge in [0, 0.05) is 25.2 Å². The number of fused-ring (bicyclic) bond motifs is 1. The van der Waals surface area contributed by atoms with Crippen molar-refractivity contribution in [1.82, 2.24) is 4.90 Å². The molecule has 2 nitrogen and oxygen atoms in total. The lowest BCUT2D eigenvalue weighted by Crippen LogP contribution is -2.26. The van der Waals surface area contributed by atoms with Crippen molar-refractivity contribution in [3.63, 3.8) is 0 Å². The highest BCUT2D eigenvalue weighted by Gasteiger charge is 2.26. The molecule has 0 bridgehead atoms. The highest BCUT2D eigenvalue weighted by Crippen LogP contribution is 2.42. The SMILES string of the molecule is CCCCCCCc1ccc(C2=C(c3ccc(OC4CCN(CCCF)C4)cc3)c3ccc(C)cc3CCC2)c(F)c1F. The molecule has 1 aliphatic carbocycles. The van der Waals surface area contributed by atoms with Crippen LogP contribution in [0.5, 0.6) is 5.75 Å². The summed E-state index contributed by atoms with van der Waals surface area (Å²) in [6, 6.07) is 18.1. The van der Waals surface area contributed by atoms with Crippen LogP contribution in [-0.4, -0.2) is 37.3 Å². The van der Waals surface area contributed by atoms with Crippen molar-refractivity contribution in [2.75, 3.05) is 26.3 Å². The highest BCUT2D eigenvalue weighted by atomic mass is 19.2. The van der Waals surface area contributed by atoms with Crippen LogP contribution in [-0.2, 0) is 12.8 Å². The normalized spacial score (nSPS) is 17.3. The van der Waals surface area contributed by atoms with E-state index in [4.69, 9.17) is 4.74 Å². The molecule has 2 aliphatic rings. The topological polar surface area (TPSA) is 12.5 Å². The van der Waals surface area contributed by atoms with Crippen LogP contribution >= 0.6 is 0 Å². The number of halogens is 3. The number of hydrogen-bond donors (Lipinski definition) is 0. The summed E-state index contributed by atoms with van der Waals surface area (Å²) in [6.07, 6.45) is 9.98. The van der Waals surface area contributed by atoms with E-state index in [1.165, 1.54) is 17.5 Å². The second kappa shape index (κ2) is 15.1. The van der Waals surface area contributed by atoms with Gasteiger partial charge in [0.05, 0.1) is 6.67 Å². The second-order valence-electron chi connectivity index (χ2n) is 12.3. The summed E-state index contributed by atoms with van der Waals surface area (Å²) < 4.78 is 50.2. The Morgan fingerprint density at radius 3 is 2.44 bits per heavy atom. The molecule has 0 spiro atoms. The number of alkyl halides is 1. The second-order valence-corrected chi connectivity index (χ2v) is 12.3. The molecule has 0 radical (unpaired) electrons. The molecule has 0 amide bonds. The third kappa shape index (κ3) is 7.73. The third-order valence-corrected chi connectivity index (χ3v) is 9.02. The molecule has 5 rings (SSSR count). The first-order valence-electron chi connectivity index (χ1n) is 16.3. The molecule has 230 valence electrons. The monoisotopic (exact) mass is 589 g/mol. The Labute approximate surface area is 256 Å². The van der Waals surface area contributed by atoms with Crippen LogP contribution in [0.2, 0.25) is 0 Å². The molecule has 1 atom stereocenters. The van der Waals surface area contributed by atoms with Crippen molar-refractivity contribution in [3.8, 4) is 5.75 Å². The quantitative estimate of drug-likeness (QED) is 0.184. The van der Waals surface area contributed by atoms with E-state index in [0.29, 0.717) is 30.4 Å². The lowest BCUT2D eigenvalue weighted by molar-refractivity contribution is 0.198. The van der Waals surface area contributed by atoms with Crippen LogP contribution < -0.4 is 4.74 Å². The maximum atomic E-state index is 15.9. The van der Waals surface area contributed by atoms with Gasteiger partial charge in [-0.15, -0.1) is 0 Å². The molecule has 1 unspecified atom stereocenters. The van der Waals surface area contributed by atoms with E-state index in [1.807, 2.05) is 24.3 Å². The molecule has 1 fully saturated rings. The van der Waals surface area contributed by atoms with Crippen LogP contribution in [0.15, 0.2) is 54.6 Å². The van der Waals surface area contributed by atoms with Gasteiger partial charge in [0.25, 0.3) is 0 Å². The summed E-state index contributed by atoms with van der Waals surface area (Å²) in [4.78, 5) is 2.26. The fraction of sp³-hybridized carbons (Fsp3) is 0.474. The highest BCUT2D eigenvalue weighted by molar-refractivity contribution is 6.00. The number of allylic oxidation sites excluding steroid dienone is 1. The van der Waals surface area contributed by atoms with Crippen LogP contribution in [0.4, 0.5) is 13.2 Å². The predicted molar refractivity (Wildman–Crippen MR) is 171 cm³/mol. The van der Waals surface area contributed by atoms with E-state index in [0.717, 1.165) is 92.6 Å². The number of aryl methyl sites for hydroxylation is 3. The Balaban J connectivity index is 1.45. The van der Waals surface area contributed by atoms with Gasteiger partial charge in [-0.25, -0.2) is 8.78 Å². The van der Waals surface area contributed by atoms with Crippen molar-refractivity contribution in [1.29, 1.82) is 0 Å². The fourth-order valence-corrected chi connectivity index (χ4v) is 6.72. The first kappa shape index (κ1) is 31.4. The fourth-order valence-electron chi connectivity index (χ4n) is 6.72. The Kier molecular flexibility index (Phi) is 11.0. The lowest BCUT2D eigenvalue weighted by Gasteiger charge is -2.19. The van der Waals surface area contributed by atoms with Gasteiger partial charge in [-0.2, -0.15) is 0 Å². The minimum absolute atomic E-state index is 0.0871. The number of ether oxygens (including phenoxy) is 1. The van der Waals surface area contributed by atoms with E-state index < -0.39 is 11.6 Å². The van der Waals surface area contributed by atoms with Gasteiger partial charge in [-0.1, -0.05) is 80.6 Å². The zero-order valence-corrected chi connectivity index (χ0v) is 25.9. The summed E-state index contributed by atoms with van der Waals surface area (Å²) in [5, 5.41) is 0. The van der Waals surface area contributed by atoms with E-state index in [-0.39, 0.29) is 12.8 Å². The van der Waals surface area contributed by atoms with Gasteiger partial charge < -0.3 is 4.74 Å². The Hall–Kier alpha value is -3.05. The average molecular weight is 590 g/mol. The number of rotatable bonds is 13. The van der Waals surface area contributed by atoms with Crippen LogP contribution in [0.1, 0.15) is 98.1 Å². The molecule has 0 aromatic heterocycles. The number of likely N-dealkylation sites (tertiary alicyclic amines) is 1. The average Bonchev–Trinajstić information content (AvgIpc) is 3.37. The summed E-state index contributed by atoms with van der Waals surface area (Å²) in [6.45, 7) is 6.48. The molecule has 5 heteroatoms. The molecule has 3 aromatic carbocycles. The van der Waals surface area contributed by atoms with Gasteiger partial charge in [-0.3, -0.25) is 9.29 Å². The van der Waals surface area contributed by atoms with Crippen molar-refractivity contribution in [3.05, 3.63) is 99.6 Å². The van der Waals surface area contributed by atoms with E-state index in [1.54, 1.807) is 12.1 Å². The standard InChI is InChI=1S/C38H46F3NO/c1-3-4-5-6-7-10-29-16-20-35(38(41)37(29)40)34-12-8-11-30-25-27(2)13-19-33(30)36(34)28-14-17-31(18-15-28)43-32-21-24-42(26-32)23-9-22-39/h13-20,25,32H,3-12,21-24,26H2,1-2H3. The van der Waals surface area contributed by atoms with Crippen molar-refractivity contribution in [2.45, 2.75) is 90.6 Å². The number of nitrogens with zero attached hydrogens (tertiary/aromatic N) is 1. The first-order chi connectivity index (χ1) is 21.0. The maximum Gasteiger partial charge on any atom is 0.166 e. The number of benzene rings is 3. The smallest absolute Gasteiger partial charge is 0.166 e. The van der Waals surface area contributed by atoms with E-state index in [9.17, 15) is 4.39 Å². The van der Waals surface area contributed by atoms with Crippen molar-refractivity contribution < 1.29 is 17.9 Å². The predicted octanol–water partition coefficient (Wildman–Crippen LogP) is 9.89. The number of unbranched alkanes of at least 4 members (excludes halogenated alkanes) is 4. The summed E-state index contributed by atoms with van der Waals surface area (Å²) in [7, 11) is 0. The molecule has 1 aliphatic heterocycles. The van der Waals surface area contributed by atoms with Crippen molar-refractivity contribution in [2.24, 2.45) is 0 Å². The molecular formula is C38H46F3NO.